The Hall–Kier alpha value is -3.17. The van der Waals surface area contributed by atoms with Gasteiger partial charge in [-0.2, -0.15) is 12.6 Å². The SMILES string of the molecule is NC(=O)CC(N)C(=O)NC(CO)C(=O)NC(CS)C(=O)NC(Cc1cnc[nH]1)C(=O)O. The van der Waals surface area contributed by atoms with Crippen molar-refractivity contribution in [2.24, 2.45) is 11.5 Å². The predicted molar refractivity (Wildman–Crippen MR) is 108 cm³/mol. The molecule has 1 heterocycles. The molecule has 0 aliphatic rings. The average molecular weight is 459 g/mol. The average Bonchev–Trinajstić information content (AvgIpc) is 3.21. The minimum absolute atomic E-state index is 0.0820. The van der Waals surface area contributed by atoms with Crippen molar-refractivity contribution in [3.05, 3.63) is 18.2 Å². The van der Waals surface area contributed by atoms with Crippen molar-refractivity contribution in [1.82, 2.24) is 25.9 Å². The highest BCUT2D eigenvalue weighted by molar-refractivity contribution is 7.80. The van der Waals surface area contributed by atoms with Gasteiger partial charge >= 0.3 is 5.97 Å². The number of rotatable bonds is 13. The zero-order valence-corrected chi connectivity index (χ0v) is 17.2. The van der Waals surface area contributed by atoms with Crippen molar-refractivity contribution in [2.75, 3.05) is 12.4 Å². The summed E-state index contributed by atoms with van der Waals surface area (Å²) in [4.78, 5) is 65.4. The molecule has 4 amide bonds. The number of nitrogens with zero attached hydrogens (tertiary/aromatic N) is 1. The van der Waals surface area contributed by atoms with Crippen LogP contribution in [-0.2, 0) is 30.4 Å². The molecule has 0 aromatic carbocycles. The van der Waals surface area contributed by atoms with E-state index in [-0.39, 0.29) is 12.2 Å². The first-order chi connectivity index (χ1) is 14.6. The number of thiol groups is 1. The van der Waals surface area contributed by atoms with Gasteiger partial charge in [0, 0.05) is 24.1 Å². The molecular weight excluding hydrogens is 434 g/mol. The maximum Gasteiger partial charge on any atom is 0.326 e. The standard InChI is InChI=1S/C16H25N7O7S/c17-8(2-12(18)25)13(26)22-10(4-24)14(27)23-11(5-31)15(28)21-9(16(29)30)1-7-3-19-6-20-7/h3,6,8-11,24,31H,1-2,4-5,17H2,(H2,18,25)(H,19,20)(H,21,28)(H,22,26)(H,23,27)(H,29,30). The van der Waals surface area contributed by atoms with E-state index in [0.717, 1.165) is 0 Å². The molecule has 10 N–H and O–H groups in total. The predicted octanol–water partition coefficient (Wildman–Crippen LogP) is -4.38. The van der Waals surface area contributed by atoms with Crippen LogP contribution in [-0.4, -0.2) is 86.3 Å². The van der Waals surface area contributed by atoms with E-state index in [1.54, 1.807) is 0 Å². The van der Waals surface area contributed by atoms with Crippen LogP contribution in [0.15, 0.2) is 12.5 Å². The summed E-state index contributed by atoms with van der Waals surface area (Å²) in [5.74, 6) is -5.05. The number of carboxylic acids is 1. The molecule has 0 bridgehead atoms. The lowest BCUT2D eigenvalue weighted by molar-refractivity contribution is -0.142. The lowest BCUT2D eigenvalue weighted by Crippen LogP contribution is -2.58. The molecule has 1 aromatic heterocycles. The highest BCUT2D eigenvalue weighted by atomic mass is 32.1. The fourth-order valence-corrected chi connectivity index (χ4v) is 2.59. The number of carbonyl (C=O) groups excluding carboxylic acids is 4. The monoisotopic (exact) mass is 459 g/mol. The van der Waals surface area contributed by atoms with Crippen molar-refractivity contribution >= 4 is 42.2 Å². The van der Waals surface area contributed by atoms with E-state index in [1.165, 1.54) is 12.5 Å². The van der Waals surface area contributed by atoms with Crippen LogP contribution in [0.25, 0.3) is 0 Å². The Labute approximate surface area is 181 Å². The van der Waals surface area contributed by atoms with Crippen LogP contribution in [0.3, 0.4) is 0 Å². The lowest BCUT2D eigenvalue weighted by atomic mass is 10.1. The van der Waals surface area contributed by atoms with Gasteiger partial charge in [-0.25, -0.2) is 9.78 Å². The Morgan fingerprint density at radius 2 is 1.65 bits per heavy atom. The molecule has 0 aliphatic carbocycles. The van der Waals surface area contributed by atoms with Crippen LogP contribution >= 0.6 is 12.6 Å². The molecule has 0 fully saturated rings. The number of amides is 4. The smallest absolute Gasteiger partial charge is 0.326 e. The first kappa shape index (κ1) is 25.9. The van der Waals surface area contributed by atoms with Gasteiger partial charge in [0.1, 0.15) is 18.1 Å². The van der Waals surface area contributed by atoms with E-state index in [4.69, 9.17) is 11.5 Å². The third-order valence-electron chi connectivity index (χ3n) is 3.98. The summed E-state index contributed by atoms with van der Waals surface area (Å²) < 4.78 is 0. The summed E-state index contributed by atoms with van der Waals surface area (Å²) in [5.41, 5.74) is 10.9. The van der Waals surface area contributed by atoms with Crippen molar-refractivity contribution in [1.29, 1.82) is 0 Å². The molecule has 4 atom stereocenters. The maximum atomic E-state index is 12.4. The van der Waals surface area contributed by atoms with E-state index in [1.807, 2.05) is 0 Å². The van der Waals surface area contributed by atoms with Crippen LogP contribution < -0.4 is 27.4 Å². The molecule has 0 saturated carbocycles. The van der Waals surface area contributed by atoms with Crippen molar-refractivity contribution in [2.45, 2.75) is 37.0 Å². The molecule has 0 radical (unpaired) electrons. The summed E-state index contributed by atoms with van der Waals surface area (Å²) in [5, 5.41) is 25.4. The van der Waals surface area contributed by atoms with Crippen molar-refractivity contribution < 1.29 is 34.2 Å². The van der Waals surface area contributed by atoms with Crippen LogP contribution in [0.5, 0.6) is 0 Å². The number of nitrogens with two attached hydrogens (primary N) is 2. The lowest BCUT2D eigenvalue weighted by Gasteiger charge is -2.23. The molecule has 0 spiro atoms. The summed E-state index contributed by atoms with van der Waals surface area (Å²) in [6.07, 6.45) is 2.20. The topological polar surface area (TPSA) is 243 Å². The second-order valence-corrected chi connectivity index (χ2v) is 6.81. The van der Waals surface area contributed by atoms with Gasteiger partial charge in [0.15, 0.2) is 0 Å². The van der Waals surface area contributed by atoms with Crippen LogP contribution in [0.2, 0.25) is 0 Å². The minimum Gasteiger partial charge on any atom is -0.480 e. The highest BCUT2D eigenvalue weighted by Crippen LogP contribution is 2.01. The molecule has 1 rings (SSSR count). The van der Waals surface area contributed by atoms with Gasteiger partial charge in [0.2, 0.25) is 23.6 Å². The number of primary amides is 1. The number of aromatic amines is 1. The molecular formula is C16H25N7O7S. The second kappa shape index (κ2) is 12.5. The first-order valence-corrected chi connectivity index (χ1v) is 9.59. The Kier molecular flexibility index (Phi) is 10.4. The Bertz CT molecular complexity index is 789. The van der Waals surface area contributed by atoms with Crippen LogP contribution in [0.1, 0.15) is 12.1 Å². The number of hydrogen-bond donors (Lipinski definition) is 9. The number of hydrogen-bond acceptors (Lipinski definition) is 9. The number of imidazole rings is 1. The number of aromatic nitrogens is 2. The maximum absolute atomic E-state index is 12.4. The van der Waals surface area contributed by atoms with Crippen molar-refractivity contribution in [3.63, 3.8) is 0 Å². The fourth-order valence-electron chi connectivity index (χ4n) is 2.34. The number of H-pyrrole nitrogens is 1. The normalized spacial score (nSPS) is 14.5. The third-order valence-corrected chi connectivity index (χ3v) is 4.35. The van der Waals surface area contributed by atoms with Gasteiger partial charge in [-0.3, -0.25) is 19.2 Å². The molecule has 31 heavy (non-hydrogen) atoms. The third kappa shape index (κ3) is 8.61. The van der Waals surface area contributed by atoms with E-state index >= 15 is 0 Å². The van der Waals surface area contributed by atoms with Gasteiger partial charge in [-0.1, -0.05) is 0 Å². The molecule has 1 aromatic rings. The number of aliphatic hydroxyl groups is 1. The molecule has 15 heteroatoms. The largest absolute Gasteiger partial charge is 0.480 e. The summed E-state index contributed by atoms with van der Waals surface area (Å²) in [6.45, 7) is -0.834. The summed E-state index contributed by atoms with van der Waals surface area (Å²) in [7, 11) is 0. The van der Waals surface area contributed by atoms with Gasteiger partial charge in [-0.05, 0) is 0 Å². The minimum atomic E-state index is -1.48. The number of aliphatic carboxylic acids is 1. The molecule has 0 saturated heterocycles. The molecule has 0 aliphatic heterocycles. The Morgan fingerprint density at radius 3 is 2.13 bits per heavy atom. The van der Waals surface area contributed by atoms with Gasteiger partial charge in [0.05, 0.1) is 25.4 Å². The van der Waals surface area contributed by atoms with Gasteiger partial charge in [0.25, 0.3) is 0 Å². The van der Waals surface area contributed by atoms with Crippen molar-refractivity contribution in [3.8, 4) is 0 Å². The Morgan fingerprint density at radius 1 is 1.06 bits per heavy atom. The van der Waals surface area contributed by atoms with Crippen LogP contribution in [0.4, 0.5) is 0 Å². The second-order valence-electron chi connectivity index (χ2n) is 6.44. The number of nitrogens with one attached hydrogen (secondary N) is 4. The molecule has 14 nitrogen and oxygen atoms in total. The number of aliphatic hydroxyl groups excluding tert-OH is 1. The van der Waals surface area contributed by atoms with E-state index in [2.05, 4.69) is 38.5 Å². The summed E-state index contributed by atoms with van der Waals surface area (Å²) >= 11 is 3.97. The van der Waals surface area contributed by atoms with E-state index in [0.29, 0.717) is 5.69 Å². The zero-order chi connectivity index (χ0) is 23.6. The highest BCUT2D eigenvalue weighted by Gasteiger charge is 2.30. The number of carboxylic acid groups (broad SMARTS) is 1. The molecule has 4 unspecified atom stereocenters. The van der Waals surface area contributed by atoms with E-state index < -0.39 is 66.8 Å². The van der Waals surface area contributed by atoms with E-state index in [9.17, 15) is 34.2 Å². The first-order valence-electron chi connectivity index (χ1n) is 8.95. The van der Waals surface area contributed by atoms with Gasteiger partial charge in [-0.15, -0.1) is 0 Å². The summed E-state index contributed by atoms with van der Waals surface area (Å²) in [6, 6.07) is -5.40. The number of carbonyl (C=O) groups is 5. The Balaban J connectivity index is 2.73. The van der Waals surface area contributed by atoms with Crippen LogP contribution in [0, 0.1) is 0 Å². The molecule has 172 valence electrons. The quantitative estimate of drug-likeness (QED) is 0.129. The van der Waals surface area contributed by atoms with Gasteiger partial charge < -0.3 is 42.6 Å². The fraction of sp³-hybridized carbons (Fsp3) is 0.500. The zero-order valence-electron chi connectivity index (χ0n) is 16.3.